The molecule has 0 aliphatic rings. The van der Waals surface area contributed by atoms with Crippen LogP contribution in [0.4, 0.5) is 10.1 Å². The van der Waals surface area contributed by atoms with Crippen molar-refractivity contribution in [3.8, 4) is 11.5 Å². The van der Waals surface area contributed by atoms with Crippen molar-refractivity contribution in [2.24, 2.45) is 0 Å². The fourth-order valence-electron chi connectivity index (χ4n) is 2.00. The van der Waals surface area contributed by atoms with Crippen molar-refractivity contribution in [3.63, 3.8) is 0 Å². The molecule has 2 aromatic carbocycles. The van der Waals surface area contributed by atoms with Crippen LogP contribution in [0, 0.1) is 12.7 Å². The van der Waals surface area contributed by atoms with E-state index in [-0.39, 0.29) is 11.7 Å². The van der Waals surface area contributed by atoms with Gasteiger partial charge in [-0.1, -0.05) is 6.07 Å². The van der Waals surface area contributed by atoms with Gasteiger partial charge in [-0.05, 0) is 48.9 Å². The summed E-state index contributed by atoms with van der Waals surface area (Å²) < 4.78 is 24.0. The highest BCUT2D eigenvalue weighted by Crippen LogP contribution is 2.25. The summed E-state index contributed by atoms with van der Waals surface area (Å²) >= 11 is 0. The first-order valence-electron chi connectivity index (χ1n) is 7.44. The number of amides is 1. The Hall–Kier alpha value is -2.56. The molecule has 0 unspecified atom stereocenters. The van der Waals surface area contributed by atoms with Crippen molar-refractivity contribution >= 4 is 11.6 Å². The summed E-state index contributed by atoms with van der Waals surface area (Å²) in [6.07, 6.45) is 0.671. The molecular formula is C18H20FNO3. The molecule has 2 rings (SSSR count). The van der Waals surface area contributed by atoms with Gasteiger partial charge >= 0.3 is 0 Å². The van der Waals surface area contributed by atoms with Crippen LogP contribution < -0.4 is 14.8 Å². The second-order valence-electron chi connectivity index (χ2n) is 5.19. The molecule has 0 saturated heterocycles. The summed E-state index contributed by atoms with van der Waals surface area (Å²) in [4.78, 5) is 11.2. The predicted molar refractivity (Wildman–Crippen MR) is 87.5 cm³/mol. The van der Waals surface area contributed by atoms with Gasteiger partial charge in [0.1, 0.15) is 17.3 Å². The summed E-state index contributed by atoms with van der Waals surface area (Å²) in [5.74, 6) is 0.840. The molecule has 0 heterocycles. The number of nitrogens with one attached hydrogen (secondary N) is 1. The molecule has 0 atom stereocenters. The Morgan fingerprint density at radius 3 is 2.48 bits per heavy atom. The van der Waals surface area contributed by atoms with Gasteiger partial charge in [-0.2, -0.15) is 0 Å². The molecule has 4 nitrogen and oxygen atoms in total. The molecule has 0 fully saturated rings. The minimum absolute atomic E-state index is 0.140. The number of ether oxygens (including phenoxy) is 2. The Balaban J connectivity index is 1.80. The van der Waals surface area contributed by atoms with Crippen molar-refractivity contribution in [3.05, 3.63) is 53.8 Å². The normalized spacial score (nSPS) is 10.2. The number of anilines is 1. The van der Waals surface area contributed by atoms with E-state index in [2.05, 4.69) is 5.32 Å². The van der Waals surface area contributed by atoms with Gasteiger partial charge in [-0.25, -0.2) is 4.39 Å². The number of halogens is 1. The molecule has 0 aliphatic heterocycles. The van der Waals surface area contributed by atoms with Crippen LogP contribution in [0.2, 0.25) is 0 Å². The SMILES string of the molecule is CC(=O)Nc1ccc(C)cc1OCCCOc1ccc(F)cc1. The van der Waals surface area contributed by atoms with Gasteiger partial charge in [-0.3, -0.25) is 4.79 Å². The Morgan fingerprint density at radius 2 is 1.78 bits per heavy atom. The van der Waals surface area contributed by atoms with E-state index >= 15 is 0 Å². The third-order valence-electron chi connectivity index (χ3n) is 3.08. The molecule has 5 heteroatoms. The van der Waals surface area contributed by atoms with Gasteiger partial charge in [0, 0.05) is 13.3 Å². The summed E-state index contributed by atoms with van der Waals surface area (Å²) in [6.45, 7) is 4.34. The van der Waals surface area contributed by atoms with E-state index in [0.717, 1.165) is 5.56 Å². The van der Waals surface area contributed by atoms with Crippen LogP contribution in [0.25, 0.3) is 0 Å². The van der Waals surface area contributed by atoms with E-state index < -0.39 is 0 Å². The van der Waals surface area contributed by atoms with Crippen molar-refractivity contribution in [1.82, 2.24) is 0 Å². The Bertz CT molecular complexity index is 656. The number of benzene rings is 2. The third-order valence-corrected chi connectivity index (χ3v) is 3.08. The number of carbonyl (C=O) groups is 1. The first kappa shape index (κ1) is 16.8. The summed E-state index contributed by atoms with van der Waals surface area (Å²) in [7, 11) is 0. The Morgan fingerprint density at radius 1 is 1.09 bits per heavy atom. The number of hydrogen-bond acceptors (Lipinski definition) is 3. The molecule has 1 amide bonds. The average molecular weight is 317 g/mol. The topological polar surface area (TPSA) is 47.6 Å². The van der Waals surface area contributed by atoms with Gasteiger partial charge in [0.2, 0.25) is 5.91 Å². The van der Waals surface area contributed by atoms with Crippen LogP contribution in [0.5, 0.6) is 11.5 Å². The zero-order valence-electron chi connectivity index (χ0n) is 13.3. The largest absolute Gasteiger partial charge is 0.493 e. The maximum absolute atomic E-state index is 12.8. The van der Waals surface area contributed by atoms with E-state index in [9.17, 15) is 9.18 Å². The standard InChI is InChI=1S/C18H20FNO3/c1-13-4-9-17(20-14(2)21)18(12-13)23-11-3-10-22-16-7-5-15(19)6-8-16/h4-9,12H,3,10-11H2,1-2H3,(H,20,21). The van der Waals surface area contributed by atoms with Gasteiger partial charge in [0.05, 0.1) is 18.9 Å². The maximum atomic E-state index is 12.8. The van der Waals surface area contributed by atoms with E-state index in [4.69, 9.17) is 9.47 Å². The molecular weight excluding hydrogens is 297 g/mol. The number of carbonyl (C=O) groups excluding carboxylic acids is 1. The maximum Gasteiger partial charge on any atom is 0.221 e. The van der Waals surface area contributed by atoms with E-state index in [0.29, 0.717) is 36.8 Å². The van der Waals surface area contributed by atoms with Gasteiger partial charge in [-0.15, -0.1) is 0 Å². The van der Waals surface area contributed by atoms with Crippen LogP contribution in [0.15, 0.2) is 42.5 Å². The first-order valence-corrected chi connectivity index (χ1v) is 7.44. The fourth-order valence-corrected chi connectivity index (χ4v) is 2.00. The molecule has 0 spiro atoms. The summed E-state index contributed by atoms with van der Waals surface area (Å²) in [6, 6.07) is 11.5. The van der Waals surface area contributed by atoms with Crippen LogP contribution in [-0.2, 0) is 4.79 Å². The molecule has 2 aromatic rings. The van der Waals surface area contributed by atoms with Crippen LogP contribution >= 0.6 is 0 Å². The van der Waals surface area contributed by atoms with E-state index in [1.165, 1.54) is 19.1 Å². The van der Waals surface area contributed by atoms with Crippen molar-refractivity contribution in [2.75, 3.05) is 18.5 Å². The van der Waals surface area contributed by atoms with Gasteiger partial charge in [0.15, 0.2) is 0 Å². The van der Waals surface area contributed by atoms with Gasteiger partial charge in [0.25, 0.3) is 0 Å². The minimum atomic E-state index is -0.286. The first-order chi connectivity index (χ1) is 11.0. The Labute approximate surface area is 135 Å². The lowest BCUT2D eigenvalue weighted by molar-refractivity contribution is -0.114. The molecule has 1 N–H and O–H groups in total. The zero-order chi connectivity index (χ0) is 16.7. The number of aryl methyl sites for hydroxylation is 1. The van der Waals surface area contributed by atoms with Crippen LogP contribution in [0.1, 0.15) is 18.9 Å². The summed E-state index contributed by atoms with van der Waals surface area (Å²) in [5.41, 5.74) is 1.71. The second kappa shape index (κ2) is 8.17. The molecule has 0 saturated carbocycles. The molecule has 0 aliphatic carbocycles. The van der Waals surface area contributed by atoms with Crippen molar-refractivity contribution < 1.29 is 18.7 Å². The van der Waals surface area contributed by atoms with Gasteiger partial charge < -0.3 is 14.8 Å². The second-order valence-corrected chi connectivity index (χ2v) is 5.19. The van der Waals surface area contributed by atoms with E-state index in [1.807, 2.05) is 25.1 Å². The fraction of sp³-hybridized carbons (Fsp3) is 0.278. The predicted octanol–water partition coefficient (Wildman–Crippen LogP) is 3.94. The quantitative estimate of drug-likeness (QED) is 0.787. The smallest absolute Gasteiger partial charge is 0.221 e. The zero-order valence-corrected chi connectivity index (χ0v) is 13.3. The van der Waals surface area contributed by atoms with Crippen LogP contribution in [-0.4, -0.2) is 19.1 Å². The highest BCUT2D eigenvalue weighted by Gasteiger charge is 2.06. The monoisotopic (exact) mass is 317 g/mol. The number of rotatable bonds is 7. The Kier molecular flexibility index (Phi) is 5.97. The lowest BCUT2D eigenvalue weighted by atomic mass is 10.2. The lowest BCUT2D eigenvalue weighted by Crippen LogP contribution is -2.10. The molecule has 122 valence electrons. The van der Waals surface area contributed by atoms with Crippen molar-refractivity contribution in [2.45, 2.75) is 20.3 Å². The highest BCUT2D eigenvalue weighted by molar-refractivity contribution is 5.90. The third kappa shape index (κ3) is 5.62. The molecule has 0 aromatic heterocycles. The number of hydrogen-bond donors (Lipinski definition) is 1. The minimum Gasteiger partial charge on any atom is -0.493 e. The van der Waals surface area contributed by atoms with E-state index in [1.54, 1.807) is 12.1 Å². The van der Waals surface area contributed by atoms with Crippen LogP contribution in [0.3, 0.4) is 0 Å². The summed E-state index contributed by atoms with van der Waals surface area (Å²) in [5, 5.41) is 2.74. The lowest BCUT2D eigenvalue weighted by Gasteiger charge is -2.13. The van der Waals surface area contributed by atoms with Crippen molar-refractivity contribution in [1.29, 1.82) is 0 Å². The highest BCUT2D eigenvalue weighted by atomic mass is 19.1. The molecule has 0 bridgehead atoms. The molecule has 0 radical (unpaired) electrons. The molecule has 23 heavy (non-hydrogen) atoms. The average Bonchev–Trinajstić information content (AvgIpc) is 2.51.